The van der Waals surface area contributed by atoms with E-state index in [0.717, 1.165) is 5.69 Å². The maximum Gasteiger partial charge on any atom is 0.358 e. The highest BCUT2D eigenvalue weighted by Crippen LogP contribution is 2.08. The van der Waals surface area contributed by atoms with Crippen molar-refractivity contribution in [1.82, 2.24) is 15.0 Å². The van der Waals surface area contributed by atoms with Crippen molar-refractivity contribution in [3.63, 3.8) is 0 Å². The average molecular weight is 275 g/mol. The van der Waals surface area contributed by atoms with Gasteiger partial charge in [0.15, 0.2) is 5.69 Å². The van der Waals surface area contributed by atoms with Crippen molar-refractivity contribution in [2.24, 2.45) is 5.73 Å². The summed E-state index contributed by atoms with van der Waals surface area (Å²) in [5.41, 5.74) is 6.32. The van der Waals surface area contributed by atoms with Gasteiger partial charge in [0, 0.05) is 17.8 Å². The fourth-order valence-corrected chi connectivity index (χ4v) is 1.57. The van der Waals surface area contributed by atoms with Crippen LogP contribution in [0.3, 0.4) is 0 Å². The van der Waals surface area contributed by atoms with E-state index < -0.39 is 11.9 Å². The predicted octanol–water partition coefficient (Wildman–Crippen LogP) is 0.187. The molecule has 8 nitrogen and oxygen atoms in total. The molecule has 1 aromatic carbocycles. The summed E-state index contributed by atoms with van der Waals surface area (Å²) in [5.74, 6) is -1.58. The lowest BCUT2D eigenvalue weighted by molar-refractivity contribution is 0.0690. The third-order valence-corrected chi connectivity index (χ3v) is 2.60. The van der Waals surface area contributed by atoms with Crippen LogP contribution in [0.2, 0.25) is 0 Å². The van der Waals surface area contributed by atoms with Crippen LogP contribution in [0.25, 0.3) is 0 Å². The first kappa shape index (κ1) is 13.5. The number of primary amides is 1. The quantitative estimate of drug-likeness (QED) is 0.691. The van der Waals surface area contributed by atoms with E-state index in [1.54, 1.807) is 24.3 Å². The van der Waals surface area contributed by atoms with Crippen molar-refractivity contribution in [1.29, 1.82) is 0 Å². The van der Waals surface area contributed by atoms with E-state index in [1.807, 2.05) is 0 Å². The van der Waals surface area contributed by atoms with Crippen LogP contribution in [0.15, 0.2) is 30.5 Å². The summed E-state index contributed by atoms with van der Waals surface area (Å²) in [6.45, 7) is 1.01. The number of hydrogen-bond donors (Lipinski definition) is 3. The molecule has 4 N–H and O–H groups in total. The highest BCUT2D eigenvalue weighted by atomic mass is 16.4. The number of carbonyl (C=O) groups is 2. The predicted molar refractivity (Wildman–Crippen MR) is 70.4 cm³/mol. The maximum absolute atomic E-state index is 10.9. The minimum atomic E-state index is -1.11. The minimum Gasteiger partial charge on any atom is -0.476 e. The fourth-order valence-electron chi connectivity index (χ4n) is 1.57. The van der Waals surface area contributed by atoms with Gasteiger partial charge in [0.05, 0.1) is 12.7 Å². The van der Waals surface area contributed by atoms with Crippen LogP contribution in [0.1, 0.15) is 20.8 Å². The van der Waals surface area contributed by atoms with Crippen molar-refractivity contribution < 1.29 is 14.7 Å². The van der Waals surface area contributed by atoms with Crippen molar-refractivity contribution in [3.8, 4) is 0 Å². The molecule has 8 heteroatoms. The van der Waals surface area contributed by atoms with E-state index in [2.05, 4.69) is 15.6 Å². The molecule has 0 radical (unpaired) electrons. The van der Waals surface area contributed by atoms with Gasteiger partial charge in [-0.25, -0.2) is 9.48 Å². The van der Waals surface area contributed by atoms with Gasteiger partial charge in [-0.1, -0.05) is 5.21 Å². The summed E-state index contributed by atoms with van der Waals surface area (Å²) in [7, 11) is 0. The fraction of sp³-hybridized carbons (Fsp3) is 0.167. The van der Waals surface area contributed by atoms with Gasteiger partial charge in [-0.2, -0.15) is 0 Å². The lowest BCUT2D eigenvalue weighted by Crippen LogP contribution is -2.12. The molecule has 0 unspecified atom stereocenters. The number of hydrogen-bond acceptors (Lipinski definition) is 5. The zero-order valence-corrected chi connectivity index (χ0v) is 10.5. The molecule has 1 amide bonds. The van der Waals surface area contributed by atoms with E-state index in [1.165, 1.54) is 10.9 Å². The molecule has 0 aliphatic carbocycles. The third kappa shape index (κ3) is 3.31. The van der Waals surface area contributed by atoms with Crippen LogP contribution in [-0.4, -0.2) is 38.5 Å². The summed E-state index contributed by atoms with van der Waals surface area (Å²) < 4.78 is 1.44. The molecule has 1 heterocycles. The topological polar surface area (TPSA) is 123 Å². The molecule has 104 valence electrons. The monoisotopic (exact) mass is 275 g/mol. The molecular formula is C12H13N5O3. The van der Waals surface area contributed by atoms with Gasteiger partial charge in [0.25, 0.3) is 0 Å². The van der Waals surface area contributed by atoms with Gasteiger partial charge < -0.3 is 16.2 Å². The number of nitrogens with two attached hydrogens (primary N) is 1. The summed E-state index contributed by atoms with van der Waals surface area (Å²) in [5, 5.41) is 19.0. The first-order chi connectivity index (χ1) is 9.56. The molecule has 0 bridgehead atoms. The Morgan fingerprint density at radius 1 is 1.30 bits per heavy atom. The van der Waals surface area contributed by atoms with Gasteiger partial charge in [-0.15, -0.1) is 5.10 Å². The third-order valence-electron chi connectivity index (χ3n) is 2.60. The van der Waals surface area contributed by atoms with Crippen LogP contribution in [0, 0.1) is 0 Å². The Labute approximate surface area is 114 Å². The smallest absolute Gasteiger partial charge is 0.358 e. The van der Waals surface area contributed by atoms with Crippen LogP contribution < -0.4 is 11.1 Å². The molecule has 0 saturated heterocycles. The SMILES string of the molecule is NC(=O)c1ccc(NCCn2cc(C(=O)O)nn2)cc1. The van der Waals surface area contributed by atoms with Crippen molar-refractivity contribution >= 4 is 17.6 Å². The number of carboxylic acids is 1. The van der Waals surface area contributed by atoms with E-state index >= 15 is 0 Å². The molecule has 0 saturated carbocycles. The zero-order chi connectivity index (χ0) is 14.5. The van der Waals surface area contributed by atoms with E-state index in [0.29, 0.717) is 18.7 Å². The van der Waals surface area contributed by atoms with Gasteiger partial charge in [-0.05, 0) is 24.3 Å². The van der Waals surface area contributed by atoms with Gasteiger partial charge in [0.2, 0.25) is 5.91 Å². The lowest BCUT2D eigenvalue weighted by atomic mass is 10.2. The number of aromatic nitrogens is 3. The molecule has 20 heavy (non-hydrogen) atoms. The Balaban J connectivity index is 1.85. The number of nitrogens with zero attached hydrogens (tertiary/aromatic N) is 3. The number of benzene rings is 1. The normalized spacial score (nSPS) is 10.2. The molecule has 0 aliphatic heterocycles. The standard InChI is InChI=1S/C12H13N5O3/c13-11(18)8-1-3-9(4-2-8)14-5-6-17-7-10(12(19)20)15-16-17/h1-4,7,14H,5-6H2,(H2,13,18)(H,19,20). The number of nitrogens with one attached hydrogen (secondary N) is 1. The zero-order valence-electron chi connectivity index (χ0n) is 10.5. The maximum atomic E-state index is 10.9. The highest BCUT2D eigenvalue weighted by Gasteiger charge is 2.07. The minimum absolute atomic E-state index is 0.0872. The Morgan fingerprint density at radius 2 is 2.00 bits per heavy atom. The van der Waals surface area contributed by atoms with E-state index in [9.17, 15) is 9.59 Å². The Morgan fingerprint density at radius 3 is 2.55 bits per heavy atom. The van der Waals surface area contributed by atoms with Gasteiger partial charge >= 0.3 is 5.97 Å². The molecule has 2 aromatic rings. The van der Waals surface area contributed by atoms with Crippen molar-refractivity contribution in [2.75, 3.05) is 11.9 Å². The van der Waals surface area contributed by atoms with E-state index in [-0.39, 0.29) is 5.69 Å². The Hall–Kier alpha value is -2.90. The number of rotatable bonds is 6. The van der Waals surface area contributed by atoms with Gasteiger partial charge in [-0.3, -0.25) is 4.79 Å². The summed E-state index contributed by atoms with van der Waals surface area (Å²) in [4.78, 5) is 21.5. The second-order valence-corrected chi connectivity index (χ2v) is 4.04. The molecule has 2 rings (SSSR count). The number of anilines is 1. The summed E-state index contributed by atoms with van der Waals surface area (Å²) in [6.07, 6.45) is 1.36. The first-order valence-electron chi connectivity index (χ1n) is 5.83. The summed E-state index contributed by atoms with van der Waals surface area (Å²) in [6, 6.07) is 6.74. The van der Waals surface area contributed by atoms with Gasteiger partial charge in [0.1, 0.15) is 0 Å². The second-order valence-electron chi connectivity index (χ2n) is 4.04. The van der Waals surface area contributed by atoms with E-state index in [4.69, 9.17) is 10.8 Å². The molecule has 0 atom stereocenters. The van der Waals surface area contributed by atoms with Crippen LogP contribution in [0.4, 0.5) is 5.69 Å². The van der Waals surface area contributed by atoms with Crippen molar-refractivity contribution in [2.45, 2.75) is 6.54 Å². The second kappa shape index (κ2) is 5.83. The first-order valence-corrected chi connectivity index (χ1v) is 5.83. The lowest BCUT2D eigenvalue weighted by Gasteiger charge is -2.06. The molecule has 0 spiro atoms. The van der Waals surface area contributed by atoms with Crippen LogP contribution >= 0.6 is 0 Å². The largest absolute Gasteiger partial charge is 0.476 e. The Kier molecular flexibility index (Phi) is 3.94. The van der Waals surface area contributed by atoms with Crippen molar-refractivity contribution in [3.05, 3.63) is 41.7 Å². The molecule has 0 fully saturated rings. The number of amides is 1. The number of carbonyl (C=O) groups excluding carboxylic acids is 1. The Bertz CT molecular complexity index is 620. The average Bonchev–Trinajstić information content (AvgIpc) is 2.88. The van der Waals surface area contributed by atoms with Crippen LogP contribution in [0.5, 0.6) is 0 Å². The van der Waals surface area contributed by atoms with Crippen LogP contribution in [-0.2, 0) is 6.54 Å². The molecule has 1 aromatic heterocycles. The molecular weight excluding hydrogens is 262 g/mol. The number of aromatic carboxylic acids is 1. The number of carboxylic acid groups (broad SMARTS) is 1. The molecule has 0 aliphatic rings. The summed E-state index contributed by atoms with van der Waals surface area (Å²) >= 11 is 0. The highest BCUT2D eigenvalue weighted by molar-refractivity contribution is 5.93.